The second kappa shape index (κ2) is 4.99. The molecule has 1 N–H and O–H groups in total. The molecule has 78 valence electrons. The highest BCUT2D eigenvalue weighted by atomic mass is 14.9. The molecule has 1 heteroatoms. The van der Waals surface area contributed by atoms with Crippen molar-refractivity contribution in [3.05, 3.63) is 0 Å². The molecule has 0 radical (unpaired) electrons. The van der Waals surface area contributed by atoms with E-state index in [4.69, 9.17) is 0 Å². The second-order valence-corrected chi connectivity index (χ2v) is 4.94. The molecule has 0 amide bonds. The molecule has 0 aromatic heterocycles. The van der Waals surface area contributed by atoms with Gasteiger partial charge in [0.05, 0.1) is 0 Å². The Bertz CT molecular complexity index is 142. The van der Waals surface area contributed by atoms with Crippen LogP contribution >= 0.6 is 0 Å². The lowest BCUT2D eigenvalue weighted by molar-refractivity contribution is 0.216. The van der Waals surface area contributed by atoms with Gasteiger partial charge in [0.15, 0.2) is 0 Å². The van der Waals surface area contributed by atoms with Crippen molar-refractivity contribution < 1.29 is 0 Å². The van der Waals surface area contributed by atoms with Crippen LogP contribution in [0.25, 0.3) is 0 Å². The zero-order valence-electron chi connectivity index (χ0n) is 9.64. The molecule has 1 aliphatic carbocycles. The quantitative estimate of drug-likeness (QED) is 0.708. The summed E-state index contributed by atoms with van der Waals surface area (Å²) >= 11 is 0. The van der Waals surface area contributed by atoms with Crippen LogP contribution in [0.4, 0.5) is 0 Å². The first-order valence-electron chi connectivity index (χ1n) is 5.89. The smallest absolute Gasteiger partial charge is 0.00722 e. The molecule has 0 spiro atoms. The molecule has 4 unspecified atom stereocenters. The first-order chi connectivity index (χ1) is 6.13. The third-order valence-electron chi connectivity index (χ3n) is 3.73. The van der Waals surface area contributed by atoms with Crippen LogP contribution in [0.1, 0.15) is 53.4 Å². The largest absolute Gasteiger partial charge is 0.312 e. The standard InChI is InChI=1S/C12H25N/c1-5-11(4)13-12-7-6-9(2)10(3)8-12/h9-13H,5-8H2,1-4H3. The average Bonchev–Trinajstić information content (AvgIpc) is 2.11. The molecule has 0 heterocycles. The highest BCUT2D eigenvalue weighted by Gasteiger charge is 2.24. The van der Waals surface area contributed by atoms with E-state index in [1.54, 1.807) is 0 Å². The fourth-order valence-corrected chi connectivity index (χ4v) is 2.22. The van der Waals surface area contributed by atoms with Crippen LogP contribution in [0, 0.1) is 11.8 Å². The lowest BCUT2D eigenvalue weighted by atomic mass is 9.79. The van der Waals surface area contributed by atoms with E-state index < -0.39 is 0 Å². The van der Waals surface area contributed by atoms with Crippen LogP contribution in [-0.2, 0) is 0 Å². The Kier molecular flexibility index (Phi) is 4.24. The van der Waals surface area contributed by atoms with E-state index in [1.165, 1.54) is 25.7 Å². The fraction of sp³-hybridized carbons (Fsp3) is 1.00. The summed E-state index contributed by atoms with van der Waals surface area (Å²) in [4.78, 5) is 0. The highest BCUT2D eigenvalue weighted by Crippen LogP contribution is 2.29. The Morgan fingerprint density at radius 2 is 1.92 bits per heavy atom. The zero-order valence-corrected chi connectivity index (χ0v) is 9.64. The highest BCUT2D eigenvalue weighted by molar-refractivity contribution is 4.81. The summed E-state index contributed by atoms with van der Waals surface area (Å²) in [6, 6.07) is 1.49. The van der Waals surface area contributed by atoms with Crippen molar-refractivity contribution >= 4 is 0 Å². The van der Waals surface area contributed by atoms with Crippen molar-refractivity contribution in [1.82, 2.24) is 5.32 Å². The Morgan fingerprint density at radius 3 is 2.46 bits per heavy atom. The third kappa shape index (κ3) is 3.30. The van der Waals surface area contributed by atoms with Gasteiger partial charge in [0.1, 0.15) is 0 Å². The molecule has 0 bridgehead atoms. The summed E-state index contributed by atoms with van der Waals surface area (Å²) in [5.41, 5.74) is 0. The molecule has 1 aliphatic rings. The van der Waals surface area contributed by atoms with Crippen LogP contribution in [0.5, 0.6) is 0 Å². The van der Waals surface area contributed by atoms with Crippen molar-refractivity contribution in [3.8, 4) is 0 Å². The second-order valence-electron chi connectivity index (χ2n) is 4.94. The van der Waals surface area contributed by atoms with Crippen LogP contribution in [-0.4, -0.2) is 12.1 Å². The number of nitrogens with one attached hydrogen (secondary N) is 1. The van der Waals surface area contributed by atoms with E-state index >= 15 is 0 Å². The van der Waals surface area contributed by atoms with Gasteiger partial charge in [-0.25, -0.2) is 0 Å². The van der Waals surface area contributed by atoms with Gasteiger partial charge in [-0.2, -0.15) is 0 Å². The number of rotatable bonds is 3. The molecule has 0 aromatic rings. The maximum Gasteiger partial charge on any atom is 0.00722 e. The van der Waals surface area contributed by atoms with Crippen LogP contribution < -0.4 is 5.32 Å². The van der Waals surface area contributed by atoms with Crippen molar-refractivity contribution in [2.24, 2.45) is 11.8 Å². The summed E-state index contributed by atoms with van der Waals surface area (Å²) < 4.78 is 0. The average molecular weight is 183 g/mol. The Hall–Kier alpha value is -0.0400. The Balaban J connectivity index is 2.29. The van der Waals surface area contributed by atoms with E-state index in [0.29, 0.717) is 6.04 Å². The van der Waals surface area contributed by atoms with Gasteiger partial charge in [-0.05, 0) is 44.4 Å². The van der Waals surface area contributed by atoms with E-state index in [1.807, 2.05) is 0 Å². The lowest BCUT2D eigenvalue weighted by Crippen LogP contribution is -2.40. The van der Waals surface area contributed by atoms with Crippen molar-refractivity contribution in [2.45, 2.75) is 65.5 Å². The SMILES string of the molecule is CCC(C)NC1CCC(C)C(C)C1. The monoisotopic (exact) mass is 183 g/mol. The Labute approximate surface area is 83.3 Å². The number of hydrogen-bond acceptors (Lipinski definition) is 1. The van der Waals surface area contributed by atoms with Gasteiger partial charge in [0.2, 0.25) is 0 Å². The molecular formula is C12H25N. The van der Waals surface area contributed by atoms with Crippen LogP contribution in [0.15, 0.2) is 0 Å². The molecule has 1 nitrogen and oxygen atoms in total. The minimum Gasteiger partial charge on any atom is -0.312 e. The van der Waals surface area contributed by atoms with Gasteiger partial charge in [-0.15, -0.1) is 0 Å². The fourth-order valence-electron chi connectivity index (χ4n) is 2.22. The maximum absolute atomic E-state index is 3.72. The van der Waals surface area contributed by atoms with Crippen LogP contribution in [0.2, 0.25) is 0 Å². The zero-order chi connectivity index (χ0) is 9.84. The van der Waals surface area contributed by atoms with Gasteiger partial charge in [0, 0.05) is 12.1 Å². The van der Waals surface area contributed by atoms with E-state index in [9.17, 15) is 0 Å². The summed E-state index contributed by atoms with van der Waals surface area (Å²) in [7, 11) is 0. The van der Waals surface area contributed by atoms with Gasteiger partial charge < -0.3 is 5.32 Å². The summed E-state index contributed by atoms with van der Waals surface area (Å²) in [6.45, 7) is 9.34. The summed E-state index contributed by atoms with van der Waals surface area (Å²) in [5.74, 6) is 1.85. The first-order valence-corrected chi connectivity index (χ1v) is 5.89. The minimum absolute atomic E-state index is 0.700. The molecular weight excluding hydrogens is 158 g/mol. The molecule has 0 aromatic carbocycles. The first kappa shape index (κ1) is 11.0. The van der Waals surface area contributed by atoms with E-state index in [2.05, 4.69) is 33.0 Å². The molecule has 1 saturated carbocycles. The molecule has 4 atom stereocenters. The normalized spacial score (nSPS) is 37.4. The molecule has 0 saturated heterocycles. The number of hydrogen-bond donors (Lipinski definition) is 1. The molecule has 1 rings (SSSR count). The molecule has 13 heavy (non-hydrogen) atoms. The van der Waals surface area contributed by atoms with Crippen molar-refractivity contribution in [2.75, 3.05) is 0 Å². The topological polar surface area (TPSA) is 12.0 Å². The molecule has 0 aliphatic heterocycles. The maximum atomic E-state index is 3.72. The van der Waals surface area contributed by atoms with Gasteiger partial charge in [0.25, 0.3) is 0 Å². The predicted octanol–water partition coefficient (Wildman–Crippen LogP) is 3.20. The predicted molar refractivity (Wildman–Crippen MR) is 58.9 cm³/mol. The van der Waals surface area contributed by atoms with Gasteiger partial charge >= 0.3 is 0 Å². The van der Waals surface area contributed by atoms with Crippen LogP contribution in [0.3, 0.4) is 0 Å². The van der Waals surface area contributed by atoms with E-state index in [-0.39, 0.29) is 0 Å². The summed E-state index contributed by atoms with van der Waals surface area (Å²) in [6.07, 6.45) is 5.43. The summed E-state index contributed by atoms with van der Waals surface area (Å²) in [5, 5.41) is 3.72. The molecule has 1 fully saturated rings. The van der Waals surface area contributed by atoms with E-state index in [0.717, 1.165) is 17.9 Å². The van der Waals surface area contributed by atoms with Crippen molar-refractivity contribution in [1.29, 1.82) is 0 Å². The lowest BCUT2D eigenvalue weighted by Gasteiger charge is -2.34. The Morgan fingerprint density at radius 1 is 1.23 bits per heavy atom. The third-order valence-corrected chi connectivity index (χ3v) is 3.73. The minimum atomic E-state index is 0.700. The van der Waals surface area contributed by atoms with Crippen molar-refractivity contribution in [3.63, 3.8) is 0 Å². The van der Waals surface area contributed by atoms with Gasteiger partial charge in [-0.3, -0.25) is 0 Å². The van der Waals surface area contributed by atoms with Gasteiger partial charge in [-0.1, -0.05) is 20.8 Å².